The van der Waals surface area contributed by atoms with Gasteiger partial charge in [-0.25, -0.2) is 0 Å². The summed E-state index contributed by atoms with van der Waals surface area (Å²) in [7, 11) is 0. The van der Waals surface area contributed by atoms with Crippen molar-refractivity contribution >= 4 is 5.78 Å². The number of Topliss-reactive ketones (excluding diaryl/α,β-unsaturated/α-hetero) is 1. The fourth-order valence-corrected chi connectivity index (χ4v) is 2.67. The highest BCUT2D eigenvalue weighted by Gasteiger charge is 2.29. The molecule has 0 aromatic heterocycles. The summed E-state index contributed by atoms with van der Waals surface area (Å²) in [6.45, 7) is 6.81. The van der Waals surface area contributed by atoms with Gasteiger partial charge in [0.25, 0.3) is 0 Å². The molecule has 0 aliphatic heterocycles. The van der Waals surface area contributed by atoms with Gasteiger partial charge in [0.2, 0.25) is 0 Å². The normalized spacial score (nSPS) is 27.3. The molecule has 2 atom stereocenters. The first-order valence-corrected chi connectivity index (χ1v) is 6.67. The number of hydrogen-bond acceptors (Lipinski definition) is 1. The van der Waals surface area contributed by atoms with Crippen LogP contribution in [-0.4, -0.2) is 5.78 Å². The van der Waals surface area contributed by atoms with Crippen molar-refractivity contribution in [2.45, 2.75) is 65.7 Å². The maximum atomic E-state index is 11.8. The van der Waals surface area contributed by atoms with Gasteiger partial charge in [0.1, 0.15) is 5.78 Å². The Bertz CT molecular complexity index is 196. The van der Waals surface area contributed by atoms with E-state index in [9.17, 15) is 4.79 Å². The molecule has 1 saturated carbocycles. The third kappa shape index (κ3) is 3.96. The summed E-state index contributed by atoms with van der Waals surface area (Å²) in [6, 6.07) is 0. The van der Waals surface area contributed by atoms with E-state index in [0.29, 0.717) is 11.7 Å². The predicted molar refractivity (Wildman–Crippen MR) is 64.8 cm³/mol. The molecule has 0 spiro atoms. The summed E-state index contributed by atoms with van der Waals surface area (Å²) >= 11 is 0. The van der Waals surface area contributed by atoms with Gasteiger partial charge in [-0.15, -0.1) is 0 Å². The van der Waals surface area contributed by atoms with Gasteiger partial charge in [-0.2, -0.15) is 0 Å². The summed E-state index contributed by atoms with van der Waals surface area (Å²) < 4.78 is 0. The van der Waals surface area contributed by atoms with E-state index >= 15 is 0 Å². The minimum absolute atomic E-state index is 0.401. The van der Waals surface area contributed by atoms with Gasteiger partial charge < -0.3 is 0 Å². The average molecular weight is 210 g/mol. The zero-order chi connectivity index (χ0) is 11.3. The Morgan fingerprint density at radius 3 is 2.67 bits per heavy atom. The lowest BCUT2D eigenvalue weighted by Gasteiger charge is -2.30. The molecule has 1 nitrogen and oxygen atoms in total. The van der Waals surface area contributed by atoms with Gasteiger partial charge in [-0.05, 0) is 31.1 Å². The minimum Gasteiger partial charge on any atom is -0.299 e. The van der Waals surface area contributed by atoms with E-state index in [1.165, 1.54) is 25.7 Å². The fourth-order valence-electron chi connectivity index (χ4n) is 2.67. The van der Waals surface area contributed by atoms with Crippen molar-refractivity contribution in [3.05, 3.63) is 0 Å². The number of rotatable bonds is 5. The van der Waals surface area contributed by atoms with Crippen molar-refractivity contribution in [3.63, 3.8) is 0 Å². The maximum absolute atomic E-state index is 11.8. The molecule has 0 saturated heterocycles. The quantitative estimate of drug-likeness (QED) is 0.621. The molecule has 1 rings (SSSR count). The Morgan fingerprint density at radius 1 is 1.33 bits per heavy atom. The summed E-state index contributed by atoms with van der Waals surface area (Å²) in [5.41, 5.74) is 0. The van der Waals surface area contributed by atoms with Crippen LogP contribution in [0.5, 0.6) is 0 Å². The summed E-state index contributed by atoms with van der Waals surface area (Å²) in [5.74, 6) is 2.50. The van der Waals surface area contributed by atoms with Gasteiger partial charge in [0.05, 0.1) is 0 Å². The van der Waals surface area contributed by atoms with Gasteiger partial charge in [-0.1, -0.05) is 40.0 Å². The van der Waals surface area contributed by atoms with Crippen LogP contribution >= 0.6 is 0 Å². The lowest BCUT2D eigenvalue weighted by atomic mass is 9.74. The maximum Gasteiger partial charge on any atom is 0.135 e. The topological polar surface area (TPSA) is 17.1 Å². The van der Waals surface area contributed by atoms with Crippen LogP contribution in [0, 0.1) is 17.8 Å². The third-order valence-corrected chi connectivity index (χ3v) is 3.90. The number of unbranched alkanes of at least 4 members (excludes halogenated alkanes) is 2. The molecular formula is C14H26O. The molecule has 0 amide bonds. The Hall–Kier alpha value is -0.330. The van der Waals surface area contributed by atoms with Crippen LogP contribution in [0.3, 0.4) is 0 Å². The summed E-state index contributed by atoms with van der Waals surface area (Å²) in [6.07, 6.45) is 8.10. The Labute approximate surface area is 94.6 Å². The van der Waals surface area contributed by atoms with Crippen molar-refractivity contribution in [3.8, 4) is 0 Å². The Kier molecular flexibility index (Phi) is 5.35. The van der Waals surface area contributed by atoms with E-state index in [2.05, 4.69) is 20.8 Å². The highest BCUT2D eigenvalue weighted by Crippen LogP contribution is 2.34. The van der Waals surface area contributed by atoms with E-state index in [4.69, 9.17) is 0 Å². The van der Waals surface area contributed by atoms with Crippen LogP contribution in [-0.2, 0) is 4.79 Å². The van der Waals surface area contributed by atoms with E-state index in [-0.39, 0.29) is 0 Å². The first-order chi connectivity index (χ1) is 7.15. The van der Waals surface area contributed by atoms with Gasteiger partial charge in [0, 0.05) is 12.3 Å². The van der Waals surface area contributed by atoms with Crippen LogP contribution in [0.4, 0.5) is 0 Å². The molecular weight excluding hydrogens is 184 g/mol. The Balaban J connectivity index is 2.36. The van der Waals surface area contributed by atoms with Crippen LogP contribution in [0.2, 0.25) is 0 Å². The van der Waals surface area contributed by atoms with Crippen LogP contribution in [0.25, 0.3) is 0 Å². The lowest BCUT2D eigenvalue weighted by Crippen LogP contribution is -2.27. The zero-order valence-electron chi connectivity index (χ0n) is 10.6. The lowest BCUT2D eigenvalue weighted by molar-refractivity contribution is -0.126. The number of ketones is 1. The predicted octanol–water partition coefficient (Wildman–Crippen LogP) is 4.21. The average Bonchev–Trinajstić information content (AvgIpc) is 2.20. The highest BCUT2D eigenvalue weighted by atomic mass is 16.1. The van der Waals surface area contributed by atoms with Gasteiger partial charge >= 0.3 is 0 Å². The van der Waals surface area contributed by atoms with E-state index in [0.717, 1.165) is 31.1 Å². The molecule has 1 aliphatic carbocycles. The first-order valence-electron chi connectivity index (χ1n) is 6.67. The van der Waals surface area contributed by atoms with Crippen molar-refractivity contribution in [1.82, 2.24) is 0 Å². The molecule has 1 fully saturated rings. The van der Waals surface area contributed by atoms with Crippen molar-refractivity contribution in [1.29, 1.82) is 0 Å². The van der Waals surface area contributed by atoms with E-state index in [1.807, 2.05) is 0 Å². The molecule has 0 N–H and O–H groups in total. The van der Waals surface area contributed by atoms with E-state index < -0.39 is 0 Å². The smallest absolute Gasteiger partial charge is 0.135 e. The molecule has 0 aromatic rings. The fraction of sp³-hybridized carbons (Fsp3) is 0.929. The molecule has 1 aliphatic rings. The number of hydrogen-bond donors (Lipinski definition) is 0. The number of carbonyl (C=O) groups is 1. The van der Waals surface area contributed by atoms with Crippen molar-refractivity contribution in [2.75, 3.05) is 0 Å². The standard InChI is InChI=1S/C14H26O/c1-4-5-6-7-13-10-12(11(2)3)8-9-14(13)15/h11-13H,4-10H2,1-3H3. The third-order valence-electron chi connectivity index (χ3n) is 3.90. The summed E-state index contributed by atoms with van der Waals surface area (Å²) in [5, 5.41) is 0. The van der Waals surface area contributed by atoms with Gasteiger partial charge in [0.15, 0.2) is 0 Å². The first kappa shape index (κ1) is 12.7. The zero-order valence-corrected chi connectivity index (χ0v) is 10.6. The molecule has 1 heteroatoms. The number of carbonyl (C=O) groups excluding carboxylic acids is 1. The SMILES string of the molecule is CCCCCC1CC(C(C)C)CCC1=O. The molecule has 0 bridgehead atoms. The largest absolute Gasteiger partial charge is 0.299 e. The molecule has 2 unspecified atom stereocenters. The molecule has 88 valence electrons. The second-order valence-electron chi connectivity index (χ2n) is 5.44. The van der Waals surface area contributed by atoms with E-state index in [1.54, 1.807) is 0 Å². The van der Waals surface area contributed by atoms with Crippen molar-refractivity contribution < 1.29 is 4.79 Å². The molecule has 0 heterocycles. The van der Waals surface area contributed by atoms with Crippen LogP contribution in [0.15, 0.2) is 0 Å². The summed E-state index contributed by atoms with van der Waals surface area (Å²) in [4.78, 5) is 11.8. The Morgan fingerprint density at radius 2 is 2.07 bits per heavy atom. The highest BCUT2D eigenvalue weighted by molar-refractivity contribution is 5.81. The monoisotopic (exact) mass is 210 g/mol. The van der Waals surface area contributed by atoms with Gasteiger partial charge in [-0.3, -0.25) is 4.79 Å². The van der Waals surface area contributed by atoms with Crippen molar-refractivity contribution in [2.24, 2.45) is 17.8 Å². The van der Waals surface area contributed by atoms with Crippen LogP contribution in [0.1, 0.15) is 65.7 Å². The molecule has 0 aromatic carbocycles. The second kappa shape index (κ2) is 6.30. The van der Waals surface area contributed by atoms with Crippen LogP contribution < -0.4 is 0 Å². The second-order valence-corrected chi connectivity index (χ2v) is 5.44. The molecule has 15 heavy (non-hydrogen) atoms. The molecule has 0 radical (unpaired) electrons. The minimum atomic E-state index is 0.401.